The van der Waals surface area contributed by atoms with Crippen LogP contribution in [0.1, 0.15) is 11.6 Å². The van der Waals surface area contributed by atoms with E-state index in [0.29, 0.717) is 17.1 Å². The van der Waals surface area contributed by atoms with Crippen LogP contribution in [-0.2, 0) is 0 Å². The summed E-state index contributed by atoms with van der Waals surface area (Å²) in [7, 11) is 1.58. The Kier molecular flexibility index (Phi) is 4.36. The minimum Gasteiger partial charge on any atom is -0.493 e. The number of para-hydroxylation sites is 2. The van der Waals surface area contributed by atoms with Crippen LogP contribution < -0.4 is 15.2 Å². The Balaban J connectivity index is 2.02. The van der Waals surface area contributed by atoms with Gasteiger partial charge in [0.25, 0.3) is 0 Å². The van der Waals surface area contributed by atoms with E-state index in [0.717, 1.165) is 0 Å². The number of hydrogen-bond donors (Lipinski definition) is 1. The lowest BCUT2D eigenvalue weighted by Crippen LogP contribution is -2.19. The van der Waals surface area contributed by atoms with Gasteiger partial charge in [-0.05, 0) is 29.8 Å². The Hall–Kier alpha value is -2.07. The van der Waals surface area contributed by atoms with Gasteiger partial charge in [0.1, 0.15) is 12.4 Å². The van der Waals surface area contributed by atoms with Gasteiger partial charge in [0, 0.05) is 0 Å². The quantitative estimate of drug-likeness (QED) is 0.900. The Bertz CT molecular complexity index is 545. The van der Waals surface area contributed by atoms with Crippen molar-refractivity contribution in [1.82, 2.24) is 0 Å². The molecule has 0 amide bonds. The van der Waals surface area contributed by atoms with E-state index in [9.17, 15) is 4.39 Å². The molecule has 100 valence electrons. The second-order valence-electron chi connectivity index (χ2n) is 4.12. The van der Waals surface area contributed by atoms with Crippen molar-refractivity contribution >= 4 is 0 Å². The molecule has 19 heavy (non-hydrogen) atoms. The summed E-state index contributed by atoms with van der Waals surface area (Å²) in [4.78, 5) is 0. The Morgan fingerprint density at radius 3 is 2.53 bits per heavy atom. The standard InChI is InChI=1S/C15H16FNO2/c1-18-14-7-2-3-8-15(14)19-10-13(17)11-5-4-6-12(16)9-11/h2-9,13H,10,17H2,1H3. The van der Waals surface area contributed by atoms with E-state index in [1.165, 1.54) is 12.1 Å². The number of benzene rings is 2. The molecule has 0 aromatic heterocycles. The minimum absolute atomic E-state index is 0.254. The highest BCUT2D eigenvalue weighted by molar-refractivity contribution is 5.39. The molecule has 1 unspecified atom stereocenters. The third-order valence-electron chi connectivity index (χ3n) is 2.76. The number of methoxy groups -OCH3 is 1. The summed E-state index contributed by atoms with van der Waals surface area (Å²) in [5, 5.41) is 0. The van der Waals surface area contributed by atoms with Gasteiger partial charge in [-0.1, -0.05) is 24.3 Å². The molecule has 0 heterocycles. The van der Waals surface area contributed by atoms with Crippen LogP contribution in [-0.4, -0.2) is 13.7 Å². The fourth-order valence-corrected chi connectivity index (χ4v) is 1.75. The minimum atomic E-state index is -0.388. The van der Waals surface area contributed by atoms with Gasteiger partial charge >= 0.3 is 0 Å². The predicted octanol–water partition coefficient (Wildman–Crippen LogP) is 2.91. The molecule has 0 aliphatic heterocycles. The highest BCUT2D eigenvalue weighted by Crippen LogP contribution is 2.26. The number of ether oxygens (including phenoxy) is 2. The van der Waals surface area contributed by atoms with Gasteiger partial charge in [-0.2, -0.15) is 0 Å². The second kappa shape index (κ2) is 6.20. The molecule has 4 heteroatoms. The maximum absolute atomic E-state index is 13.1. The van der Waals surface area contributed by atoms with Crippen molar-refractivity contribution in [3.8, 4) is 11.5 Å². The predicted molar refractivity (Wildman–Crippen MR) is 71.8 cm³/mol. The molecule has 2 aromatic carbocycles. The van der Waals surface area contributed by atoms with Crippen LogP contribution >= 0.6 is 0 Å². The summed E-state index contributed by atoms with van der Waals surface area (Å²) in [5.41, 5.74) is 6.67. The zero-order chi connectivity index (χ0) is 13.7. The van der Waals surface area contributed by atoms with Gasteiger partial charge < -0.3 is 15.2 Å². The molecule has 0 spiro atoms. The van der Waals surface area contributed by atoms with Crippen LogP contribution in [0, 0.1) is 5.82 Å². The van der Waals surface area contributed by atoms with Crippen LogP contribution in [0.4, 0.5) is 4.39 Å². The molecular formula is C15H16FNO2. The van der Waals surface area contributed by atoms with E-state index in [1.807, 2.05) is 18.2 Å². The SMILES string of the molecule is COc1ccccc1OCC(N)c1cccc(F)c1. The average molecular weight is 261 g/mol. The molecule has 0 fully saturated rings. The number of nitrogens with two attached hydrogens (primary N) is 1. The summed E-state index contributed by atoms with van der Waals surface area (Å²) in [6, 6.07) is 13.1. The third-order valence-corrected chi connectivity index (χ3v) is 2.76. The molecule has 2 rings (SSSR count). The maximum Gasteiger partial charge on any atom is 0.161 e. The Morgan fingerprint density at radius 1 is 1.11 bits per heavy atom. The van der Waals surface area contributed by atoms with Gasteiger partial charge in [-0.3, -0.25) is 0 Å². The molecule has 1 atom stereocenters. The molecule has 0 aliphatic carbocycles. The van der Waals surface area contributed by atoms with Crippen molar-refractivity contribution in [3.05, 3.63) is 59.9 Å². The van der Waals surface area contributed by atoms with Crippen LogP contribution in [0.25, 0.3) is 0 Å². The molecule has 0 radical (unpaired) electrons. The van der Waals surface area contributed by atoms with Crippen LogP contribution in [0.15, 0.2) is 48.5 Å². The van der Waals surface area contributed by atoms with Gasteiger partial charge in [0.05, 0.1) is 13.2 Å². The largest absolute Gasteiger partial charge is 0.493 e. The van der Waals surface area contributed by atoms with Crippen LogP contribution in [0.3, 0.4) is 0 Å². The van der Waals surface area contributed by atoms with Crippen molar-refractivity contribution in [1.29, 1.82) is 0 Å². The van der Waals surface area contributed by atoms with Crippen LogP contribution in [0.5, 0.6) is 11.5 Å². The first kappa shape index (κ1) is 13.4. The smallest absolute Gasteiger partial charge is 0.161 e. The van der Waals surface area contributed by atoms with Crippen molar-refractivity contribution < 1.29 is 13.9 Å². The molecule has 3 nitrogen and oxygen atoms in total. The fraction of sp³-hybridized carbons (Fsp3) is 0.200. The lowest BCUT2D eigenvalue weighted by atomic mass is 10.1. The first-order valence-electron chi connectivity index (χ1n) is 5.97. The van der Waals surface area contributed by atoms with Crippen molar-refractivity contribution in [2.75, 3.05) is 13.7 Å². The van der Waals surface area contributed by atoms with E-state index in [-0.39, 0.29) is 18.5 Å². The molecule has 0 saturated heterocycles. The second-order valence-corrected chi connectivity index (χ2v) is 4.12. The van der Waals surface area contributed by atoms with Crippen LogP contribution in [0.2, 0.25) is 0 Å². The van der Waals surface area contributed by atoms with Gasteiger partial charge in [0.2, 0.25) is 0 Å². The summed E-state index contributed by atoms with van der Waals surface area (Å²) in [6.07, 6.45) is 0. The Morgan fingerprint density at radius 2 is 1.84 bits per heavy atom. The third kappa shape index (κ3) is 3.45. The van der Waals surface area contributed by atoms with Crippen molar-refractivity contribution in [3.63, 3.8) is 0 Å². The number of halogens is 1. The zero-order valence-electron chi connectivity index (χ0n) is 10.7. The fourth-order valence-electron chi connectivity index (χ4n) is 1.75. The maximum atomic E-state index is 13.1. The molecule has 0 aliphatic rings. The number of hydrogen-bond acceptors (Lipinski definition) is 3. The van der Waals surface area contributed by atoms with E-state index < -0.39 is 0 Å². The summed E-state index contributed by atoms with van der Waals surface area (Å²) < 4.78 is 23.9. The Labute approximate surface area is 111 Å². The van der Waals surface area contributed by atoms with Gasteiger partial charge in [0.15, 0.2) is 11.5 Å². The lowest BCUT2D eigenvalue weighted by Gasteiger charge is -2.15. The zero-order valence-corrected chi connectivity index (χ0v) is 10.7. The first-order chi connectivity index (χ1) is 9.20. The molecule has 0 saturated carbocycles. The first-order valence-corrected chi connectivity index (χ1v) is 5.97. The van der Waals surface area contributed by atoms with E-state index >= 15 is 0 Å². The topological polar surface area (TPSA) is 44.5 Å². The molecular weight excluding hydrogens is 245 g/mol. The highest BCUT2D eigenvalue weighted by atomic mass is 19.1. The monoisotopic (exact) mass is 261 g/mol. The normalized spacial score (nSPS) is 11.9. The van der Waals surface area contributed by atoms with E-state index in [4.69, 9.17) is 15.2 Å². The van der Waals surface area contributed by atoms with E-state index in [2.05, 4.69) is 0 Å². The van der Waals surface area contributed by atoms with E-state index in [1.54, 1.807) is 25.3 Å². The highest BCUT2D eigenvalue weighted by Gasteiger charge is 2.09. The summed E-state index contributed by atoms with van der Waals surface area (Å²) >= 11 is 0. The lowest BCUT2D eigenvalue weighted by molar-refractivity contribution is 0.273. The number of rotatable bonds is 5. The molecule has 2 aromatic rings. The van der Waals surface area contributed by atoms with Crippen molar-refractivity contribution in [2.45, 2.75) is 6.04 Å². The van der Waals surface area contributed by atoms with Gasteiger partial charge in [-0.25, -0.2) is 4.39 Å². The summed E-state index contributed by atoms with van der Waals surface area (Å²) in [6.45, 7) is 0.254. The van der Waals surface area contributed by atoms with Crippen molar-refractivity contribution in [2.24, 2.45) is 5.73 Å². The molecule has 2 N–H and O–H groups in total. The molecule has 0 bridgehead atoms. The van der Waals surface area contributed by atoms with Gasteiger partial charge in [-0.15, -0.1) is 0 Å². The average Bonchev–Trinajstić information content (AvgIpc) is 2.45. The summed E-state index contributed by atoms with van der Waals surface area (Å²) in [5.74, 6) is 0.969.